The minimum atomic E-state index is -0.0117. The molecule has 1 fully saturated rings. The Morgan fingerprint density at radius 1 is 1.62 bits per heavy atom. The fourth-order valence-corrected chi connectivity index (χ4v) is 2.65. The summed E-state index contributed by atoms with van der Waals surface area (Å²) in [6, 6.07) is 0.326. The summed E-state index contributed by atoms with van der Waals surface area (Å²) >= 11 is 0. The van der Waals surface area contributed by atoms with E-state index in [1.165, 1.54) is 12.8 Å². The molecule has 2 rings (SSSR count). The molecular weight excluding hydrogens is 202 g/mol. The third-order valence-corrected chi connectivity index (χ3v) is 3.83. The summed E-state index contributed by atoms with van der Waals surface area (Å²) in [4.78, 5) is 11.8. The maximum atomic E-state index is 11.8. The van der Waals surface area contributed by atoms with Crippen molar-refractivity contribution in [1.29, 1.82) is 0 Å². The monoisotopic (exact) mass is 221 g/mol. The van der Waals surface area contributed by atoms with Crippen molar-refractivity contribution in [2.24, 2.45) is 11.8 Å². The molecule has 1 aliphatic carbocycles. The summed E-state index contributed by atoms with van der Waals surface area (Å²) in [6.07, 6.45) is 6.73. The molecule has 3 atom stereocenters. The Labute approximate surface area is 95.8 Å². The van der Waals surface area contributed by atoms with Crippen LogP contribution in [0.4, 0.5) is 0 Å². The largest absolute Gasteiger partial charge is 0.349 e. The topological polar surface area (TPSA) is 57.8 Å². The Hall–Kier alpha value is -1.32. The summed E-state index contributed by atoms with van der Waals surface area (Å²) in [5, 5.41) is 9.53. The van der Waals surface area contributed by atoms with Gasteiger partial charge in [-0.3, -0.25) is 9.89 Å². The van der Waals surface area contributed by atoms with Crippen molar-refractivity contribution >= 4 is 5.91 Å². The van der Waals surface area contributed by atoms with Crippen LogP contribution >= 0.6 is 0 Å². The number of rotatable bonds is 3. The highest BCUT2D eigenvalue weighted by molar-refractivity contribution is 5.93. The molecule has 4 heteroatoms. The minimum Gasteiger partial charge on any atom is -0.349 e. The van der Waals surface area contributed by atoms with Crippen LogP contribution in [0.2, 0.25) is 0 Å². The van der Waals surface area contributed by atoms with Crippen LogP contribution in [-0.4, -0.2) is 22.1 Å². The lowest BCUT2D eigenvalue weighted by molar-refractivity contribution is 0.0926. The molecule has 0 aromatic carbocycles. The quantitative estimate of drug-likeness (QED) is 0.819. The molecule has 0 spiro atoms. The first-order chi connectivity index (χ1) is 7.72. The number of hydrogen-bond donors (Lipinski definition) is 2. The number of aromatic nitrogens is 2. The number of hydrogen-bond acceptors (Lipinski definition) is 2. The number of nitrogens with one attached hydrogen (secondary N) is 2. The van der Waals surface area contributed by atoms with Gasteiger partial charge in [-0.1, -0.05) is 20.3 Å². The number of carbonyl (C=O) groups excluding carboxylic acids is 1. The highest BCUT2D eigenvalue weighted by Gasteiger charge is 2.32. The van der Waals surface area contributed by atoms with E-state index in [0.717, 1.165) is 12.3 Å². The molecule has 0 saturated heterocycles. The lowest BCUT2D eigenvalue weighted by Gasteiger charge is -2.20. The fourth-order valence-electron chi connectivity index (χ4n) is 2.65. The van der Waals surface area contributed by atoms with E-state index >= 15 is 0 Å². The van der Waals surface area contributed by atoms with Gasteiger partial charge in [-0.15, -0.1) is 0 Å². The van der Waals surface area contributed by atoms with E-state index in [9.17, 15) is 4.79 Å². The first-order valence-corrected chi connectivity index (χ1v) is 6.02. The standard InChI is InChI=1S/C12H19N3O/c1-3-9-4-5-11(8(9)2)15-12(16)10-6-13-14-7-10/h6-9,11H,3-5H2,1-2H3,(H,13,14)(H,15,16). The van der Waals surface area contributed by atoms with Crippen LogP contribution in [0.1, 0.15) is 43.5 Å². The van der Waals surface area contributed by atoms with Crippen molar-refractivity contribution in [1.82, 2.24) is 15.5 Å². The van der Waals surface area contributed by atoms with Gasteiger partial charge in [0.2, 0.25) is 0 Å². The van der Waals surface area contributed by atoms with E-state index in [2.05, 4.69) is 29.4 Å². The van der Waals surface area contributed by atoms with Gasteiger partial charge in [0.15, 0.2) is 0 Å². The van der Waals surface area contributed by atoms with Crippen molar-refractivity contribution in [2.45, 2.75) is 39.2 Å². The van der Waals surface area contributed by atoms with Crippen LogP contribution in [0, 0.1) is 11.8 Å². The second-order valence-electron chi connectivity index (χ2n) is 4.67. The van der Waals surface area contributed by atoms with Crippen LogP contribution in [0.25, 0.3) is 0 Å². The molecule has 1 heterocycles. The van der Waals surface area contributed by atoms with E-state index < -0.39 is 0 Å². The summed E-state index contributed by atoms with van der Waals surface area (Å²) in [6.45, 7) is 4.46. The van der Waals surface area contributed by atoms with Gasteiger partial charge in [-0.25, -0.2) is 0 Å². The molecule has 1 saturated carbocycles. The normalized spacial score (nSPS) is 29.2. The Morgan fingerprint density at radius 3 is 3.00 bits per heavy atom. The van der Waals surface area contributed by atoms with Gasteiger partial charge in [-0.2, -0.15) is 5.10 Å². The third kappa shape index (κ3) is 2.10. The SMILES string of the molecule is CCC1CCC(NC(=O)c2cn[nH]c2)C1C. The fraction of sp³-hybridized carbons (Fsp3) is 0.667. The molecule has 88 valence electrons. The van der Waals surface area contributed by atoms with Crippen molar-refractivity contribution in [3.05, 3.63) is 18.0 Å². The van der Waals surface area contributed by atoms with Gasteiger partial charge in [0.1, 0.15) is 0 Å². The lowest BCUT2D eigenvalue weighted by atomic mass is 9.93. The second kappa shape index (κ2) is 4.68. The smallest absolute Gasteiger partial charge is 0.254 e. The molecule has 4 nitrogen and oxygen atoms in total. The van der Waals surface area contributed by atoms with Crippen LogP contribution in [-0.2, 0) is 0 Å². The van der Waals surface area contributed by atoms with Gasteiger partial charge in [-0.05, 0) is 24.7 Å². The van der Waals surface area contributed by atoms with E-state index in [0.29, 0.717) is 17.5 Å². The van der Waals surface area contributed by atoms with Crippen LogP contribution < -0.4 is 5.32 Å². The van der Waals surface area contributed by atoms with E-state index in [-0.39, 0.29) is 5.91 Å². The summed E-state index contributed by atoms with van der Waals surface area (Å²) in [5.74, 6) is 1.33. The molecule has 1 aliphatic rings. The highest BCUT2D eigenvalue weighted by atomic mass is 16.1. The molecule has 1 amide bonds. The summed E-state index contributed by atoms with van der Waals surface area (Å²) < 4.78 is 0. The predicted octanol–water partition coefficient (Wildman–Crippen LogP) is 1.96. The minimum absolute atomic E-state index is 0.0117. The van der Waals surface area contributed by atoms with Gasteiger partial charge < -0.3 is 5.32 Å². The Balaban J connectivity index is 1.94. The molecular formula is C12H19N3O. The zero-order chi connectivity index (χ0) is 11.5. The number of amides is 1. The first kappa shape index (κ1) is 11.2. The molecule has 16 heavy (non-hydrogen) atoms. The van der Waals surface area contributed by atoms with Crippen molar-refractivity contribution in [3.8, 4) is 0 Å². The maximum Gasteiger partial charge on any atom is 0.254 e. The van der Waals surface area contributed by atoms with Crippen molar-refractivity contribution < 1.29 is 4.79 Å². The van der Waals surface area contributed by atoms with Crippen LogP contribution in [0.5, 0.6) is 0 Å². The van der Waals surface area contributed by atoms with Gasteiger partial charge in [0, 0.05) is 12.2 Å². The molecule has 1 aromatic rings. The third-order valence-electron chi connectivity index (χ3n) is 3.83. The Morgan fingerprint density at radius 2 is 2.44 bits per heavy atom. The average Bonchev–Trinajstić information content (AvgIpc) is 2.89. The lowest BCUT2D eigenvalue weighted by Crippen LogP contribution is -2.37. The zero-order valence-electron chi connectivity index (χ0n) is 9.86. The molecule has 2 N–H and O–H groups in total. The molecule has 0 radical (unpaired) electrons. The average molecular weight is 221 g/mol. The number of aromatic amines is 1. The highest BCUT2D eigenvalue weighted by Crippen LogP contribution is 2.33. The van der Waals surface area contributed by atoms with E-state index in [1.54, 1.807) is 12.4 Å². The number of nitrogens with zero attached hydrogens (tertiary/aromatic N) is 1. The van der Waals surface area contributed by atoms with Crippen molar-refractivity contribution in [2.75, 3.05) is 0 Å². The maximum absolute atomic E-state index is 11.8. The predicted molar refractivity (Wildman–Crippen MR) is 62.0 cm³/mol. The van der Waals surface area contributed by atoms with Crippen LogP contribution in [0.15, 0.2) is 12.4 Å². The van der Waals surface area contributed by atoms with Crippen LogP contribution in [0.3, 0.4) is 0 Å². The van der Waals surface area contributed by atoms with Gasteiger partial charge >= 0.3 is 0 Å². The first-order valence-electron chi connectivity index (χ1n) is 6.02. The summed E-state index contributed by atoms with van der Waals surface area (Å²) in [5.41, 5.74) is 0.618. The Kier molecular flexibility index (Phi) is 3.27. The molecule has 0 aliphatic heterocycles. The Bertz CT molecular complexity index is 347. The van der Waals surface area contributed by atoms with E-state index in [1.807, 2.05) is 0 Å². The summed E-state index contributed by atoms with van der Waals surface area (Å²) in [7, 11) is 0. The van der Waals surface area contributed by atoms with Gasteiger partial charge in [0.05, 0.1) is 11.8 Å². The zero-order valence-corrected chi connectivity index (χ0v) is 9.86. The van der Waals surface area contributed by atoms with Gasteiger partial charge in [0.25, 0.3) is 5.91 Å². The molecule has 0 bridgehead atoms. The van der Waals surface area contributed by atoms with Crippen molar-refractivity contribution in [3.63, 3.8) is 0 Å². The molecule has 3 unspecified atom stereocenters. The van der Waals surface area contributed by atoms with E-state index in [4.69, 9.17) is 0 Å². The number of carbonyl (C=O) groups is 1. The number of H-pyrrole nitrogens is 1. The molecule has 1 aromatic heterocycles. The second-order valence-corrected chi connectivity index (χ2v) is 4.67.